The first-order chi connectivity index (χ1) is 12.8. The van der Waals surface area contributed by atoms with Crippen molar-refractivity contribution in [3.8, 4) is 10.8 Å². The molecule has 2 saturated heterocycles. The smallest absolute Gasteiger partial charge is 0.236 e. The molecule has 7 nitrogen and oxygen atoms in total. The van der Waals surface area contributed by atoms with E-state index in [4.69, 9.17) is 9.15 Å². The van der Waals surface area contributed by atoms with Crippen LogP contribution in [0.3, 0.4) is 0 Å². The molecule has 4 heterocycles. The van der Waals surface area contributed by atoms with Crippen LogP contribution in [0.25, 0.3) is 10.8 Å². The highest BCUT2D eigenvalue weighted by atomic mass is 32.1. The minimum atomic E-state index is 0.236. The Labute approximate surface area is 157 Å². The highest BCUT2D eigenvalue weighted by Gasteiger charge is 2.24. The van der Waals surface area contributed by atoms with Gasteiger partial charge in [-0.25, -0.2) is 4.98 Å². The molecule has 0 unspecified atom stereocenters. The summed E-state index contributed by atoms with van der Waals surface area (Å²) in [4.78, 5) is 23.7. The SMILES string of the molecule is O=C(CN1CCOCC1)N1CCN(Cc2csc(-c3ccco3)n2)CC1. The molecular formula is C18H24N4O3S. The second kappa shape index (κ2) is 8.30. The van der Waals surface area contributed by atoms with Crippen molar-refractivity contribution in [3.05, 3.63) is 29.5 Å². The average molecular weight is 376 g/mol. The van der Waals surface area contributed by atoms with Gasteiger partial charge in [0.15, 0.2) is 10.8 Å². The standard InChI is InChI=1S/C18H24N4O3S/c23-17(13-21-7-10-24-11-8-21)22-5-3-20(4-6-22)12-15-14-26-18(19-15)16-2-1-9-25-16/h1-2,9,14H,3-8,10-13H2. The third-order valence-corrected chi connectivity index (χ3v) is 5.76. The summed E-state index contributed by atoms with van der Waals surface area (Å²) in [5, 5.41) is 3.01. The molecule has 0 radical (unpaired) electrons. The summed E-state index contributed by atoms with van der Waals surface area (Å²) in [6, 6.07) is 3.81. The molecule has 2 aliphatic heterocycles. The largest absolute Gasteiger partial charge is 0.462 e. The molecule has 140 valence electrons. The summed E-state index contributed by atoms with van der Waals surface area (Å²) in [7, 11) is 0. The molecule has 2 aromatic heterocycles. The lowest BCUT2D eigenvalue weighted by molar-refractivity contribution is -0.135. The van der Waals surface area contributed by atoms with Crippen molar-refractivity contribution in [2.24, 2.45) is 0 Å². The molecule has 2 aliphatic rings. The van der Waals surface area contributed by atoms with Crippen molar-refractivity contribution in [2.45, 2.75) is 6.54 Å². The number of piperazine rings is 1. The number of amides is 1. The normalized spacial score (nSPS) is 19.8. The predicted molar refractivity (Wildman–Crippen MR) is 98.9 cm³/mol. The molecule has 0 saturated carbocycles. The van der Waals surface area contributed by atoms with E-state index in [0.717, 1.165) is 75.5 Å². The maximum absolute atomic E-state index is 12.5. The van der Waals surface area contributed by atoms with Gasteiger partial charge in [0.25, 0.3) is 0 Å². The van der Waals surface area contributed by atoms with Crippen LogP contribution in [0.15, 0.2) is 28.2 Å². The van der Waals surface area contributed by atoms with Crippen LogP contribution >= 0.6 is 11.3 Å². The molecule has 4 rings (SSSR count). The number of carbonyl (C=O) groups excluding carboxylic acids is 1. The van der Waals surface area contributed by atoms with E-state index >= 15 is 0 Å². The maximum atomic E-state index is 12.5. The number of furan rings is 1. The molecule has 2 fully saturated rings. The summed E-state index contributed by atoms with van der Waals surface area (Å²) in [5.41, 5.74) is 1.06. The third-order valence-electron chi connectivity index (χ3n) is 4.86. The van der Waals surface area contributed by atoms with Gasteiger partial charge in [0.1, 0.15) is 0 Å². The van der Waals surface area contributed by atoms with Crippen LogP contribution in [0.1, 0.15) is 5.69 Å². The van der Waals surface area contributed by atoms with Crippen molar-refractivity contribution >= 4 is 17.2 Å². The van der Waals surface area contributed by atoms with Gasteiger partial charge in [-0.05, 0) is 12.1 Å². The van der Waals surface area contributed by atoms with Crippen LogP contribution in [0.4, 0.5) is 0 Å². The van der Waals surface area contributed by atoms with Crippen LogP contribution in [-0.2, 0) is 16.1 Å². The van der Waals surface area contributed by atoms with Gasteiger partial charge >= 0.3 is 0 Å². The number of thiazole rings is 1. The van der Waals surface area contributed by atoms with Crippen molar-refractivity contribution in [1.29, 1.82) is 0 Å². The Morgan fingerprint density at radius 2 is 1.92 bits per heavy atom. The van der Waals surface area contributed by atoms with Gasteiger partial charge in [0, 0.05) is 51.2 Å². The van der Waals surface area contributed by atoms with E-state index in [-0.39, 0.29) is 5.91 Å². The van der Waals surface area contributed by atoms with Crippen molar-refractivity contribution in [3.63, 3.8) is 0 Å². The molecule has 0 bridgehead atoms. The minimum Gasteiger partial charge on any atom is -0.462 e. The van der Waals surface area contributed by atoms with E-state index in [1.807, 2.05) is 17.0 Å². The van der Waals surface area contributed by atoms with E-state index in [2.05, 4.69) is 20.2 Å². The number of nitrogens with zero attached hydrogens (tertiary/aromatic N) is 4. The predicted octanol–water partition coefficient (Wildman–Crippen LogP) is 1.38. The molecule has 0 aromatic carbocycles. The Bertz CT molecular complexity index is 704. The van der Waals surface area contributed by atoms with Crippen molar-refractivity contribution in [1.82, 2.24) is 19.7 Å². The number of hydrogen-bond acceptors (Lipinski definition) is 7. The Morgan fingerprint density at radius 1 is 1.12 bits per heavy atom. The number of ether oxygens (including phenoxy) is 1. The third kappa shape index (κ3) is 4.32. The van der Waals surface area contributed by atoms with E-state index in [1.54, 1.807) is 17.6 Å². The van der Waals surface area contributed by atoms with Gasteiger partial charge in [0.2, 0.25) is 5.91 Å². The van der Waals surface area contributed by atoms with Crippen molar-refractivity contribution in [2.75, 3.05) is 59.0 Å². The van der Waals surface area contributed by atoms with Gasteiger partial charge in [-0.2, -0.15) is 0 Å². The van der Waals surface area contributed by atoms with Gasteiger partial charge in [-0.15, -0.1) is 11.3 Å². The number of morpholine rings is 1. The van der Waals surface area contributed by atoms with Gasteiger partial charge in [0.05, 0.1) is 31.7 Å². The fourth-order valence-electron chi connectivity index (χ4n) is 3.33. The summed E-state index contributed by atoms with van der Waals surface area (Å²) in [5.74, 6) is 1.06. The van der Waals surface area contributed by atoms with E-state index in [0.29, 0.717) is 6.54 Å². The quantitative estimate of drug-likeness (QED) is 0.786. The first kappa shape index (κ1) is 17.7. The van der Waals surface area contributed by atoms with E-state index in [9.17, 15) is 4.79 Å². The zero-order valence-electron chi connectivity index (χ0n) is 14.8. The fourth-order valence-corrected chi connectivity index (χ4v) is 4.11. The van der Waals surface area contributed by atoms with Crippen LogP contribution < -0.4 is 0 Å². The van der Waals surface area contributed by atoms with Crippen LogP contribution in [0, 0.1) is 0 Å². The number of aromatic nitrogens is 1. The zero-order valence-corrected chi connectivity index (χ0v) is 15.6. The molecule has 1 amide bonds. The van der Waals surface area contributed by atoms with Gasteiger partial charge < -0.3 is 14.1 Å². The van der Waals surface area contributed by atoms with Crippen LogP contribution in [-0.4, -0.2) is 84.6 Å². The number of hydrogen-bond donors (Lipinski definition) is 0. The summed E-state index contributed by atoms with van der Waals surface area (Å²) in [6.45, 7) is 7.87. The minimum absolute atomic E-state index is 0.236. The molecule has 2 aromatic rings. The lowest BCUT2D eigenvalue weighted by Crippen LogP contribution is -2.52. The molecule has 0 spiro atoms. The molecule has 26 heavy (non-hydrogen) atoms. The van der Waals surface area contributed by atoms with Gasteiger partial charge in [-0.1, -0.05) is 0 Å². The highest BCUT2D eigenvalue weighted by Crippen LogP contribution is 2.24. The number of rotatable bonds is 5. The van der Waals surface area contributed by atoms with E-state index < -0.39 is 0 Å². The molecule has 0 aliphatic carbocycles. The number of carbonyl (C=O) groups is 1. The second-order valence-corrected chi connectivity index (χ2v) is 7.52. The first-order valence-electron chi connectivity index (χ1n) is 9.06. The maximum Gasteiger partial charge on any atom is 0.236 e. The van der Waals surface area contributed by atoms with Gasteiger partial charge in [-0.3, -0.25) is 14.6 Å². The molecular weight excluding hydrogens is 352 g/mol. The second-order valence-electron chi connectivity index (χ2n) is 6.67. The monoisotopic (exact) mass is 376 g/mol. The zero-order chi connectivity index (χ0) is 17.8. The summed E-state index contributed by atoms with van der Waals surface area (Å²) >= 11 is 1.61. The lowest BCUT2D eigenvalue weighted by Gasteiger charge is -2.36. The Balaban J connectivity index is 1.24. The Morgan fingerprint density at radius 3 is 2.65 bits per heavy atom. The molecule has 0 N–H and O–H groups in total. The highest BCUT2D eigenvalue weighted by molar-refractivity contribution is 7.13. The topological polar surface area (TPSA) is 62.1 Å². The van der Waals surface area contributed by atoms with Crippen molar-refractivity contribution < 1.29 is 13.9 Å². The Hall–Kier alpha value is -1.74. The Kier molecular flexibility index (Phi) is 5.64. The fraction of sp³-hybridized carbons (Fsp3) is 0.556. The molecule has 0 atom stereocenters. The van der Waals surface area contributed by atoms with Crippen LogP contribution in [0.2, 0.25) is 0 Å². The average Bonchev–Trinajstić information content (AvgIpc) is 3.35. The summed E-state index contributed by atoms with van der Waals surface area (Å²) < 4.78 is 10.7. The summed E-state index contributed by atoms with van der Waals surface area (Å²) in [6.07, 6.45) is 1.67. The lowest BCUT2D eigenvalue weighted by atomic mass is 10.2. The first-order valence-corrected chi connectivity index (χ1v) is 9.94. The van der Waals surface area contributed by atoms with Crippen LogP contribution in [0.5, 0.6) is 0 Å². The van der Waals surface area contributed by atoms with E-state index in [1.165, 1.54) is 0 Å². The molecule has 8 heteroatoms.